The van der Waals surface area contributed by atoms with Crippen molar-refractivity contribution in [1.82, 2.24) is 9.80 Å². The van der Waals surface area contributed by atoms with E-state index in [-0.39, 0.29) is 18.4 Å². The topological polar surface area (TPSA) is 86.9 Å². The van der Waals surface area contributed by atoms with E-state index in [9.17, 15) is 14.7 Å². The largest absolute Gasteiger partial charge is 0.390 e. The Morgan fingerprint density at radius 1 is 1.50 bits per heavy atom. The van der Waals surface area contributed by atoms with Crippen molar-refractivity contribution in [1.29, 1.82) is 0 Å². The van der Waals surface area contributed by atoms with Gasteiger partial charge in [-0.05, 0) is 25.7 Å². The highest BCUT2D eigenvalue weighted by atomic mass is 16.3. The fourth-order valence-electron chi connectivity index (χ4n) is 2.56. The third-order valence-electron chi connectivity index (χ3n) is 4.04. The summed E-state index contributed by atoms with van der Waals surface area (Å²) in [6.07, 6.45) is 3.59. The molecule has 0 aromatic rings. The van der Waals surface area contributed by atoms with Crippen LogP contribution in [0.2, 0.25) is 0 Å². The molecular weight excluding hydrogens is 234 g/mol. The summed E-state index contributed by atoms with van der Waals surface area (Å²) in [7, 11) is 1.51. The molecule has 18 heavy (non-hydrogen) atoms. The third-order valence-corrected chi connectivity index (χ3v) is 4.04. The minimum Gasteiger partial charge on any atom is -0.390 e. The van der Waals surface area contributed by atoms with Crippen LogP contribution in [0.5, 0.6) is 0 Å². The van der Waals surface area contributed by atoms with Gasteiger partial charge in [0.05, 0.1) is 5.60 Å². The Balaban J connectivity index is 1.88. The lowest BCUT2D eigenvalue weighted by Gasteiger charge is -2.36. The van der Waals surface area contributed by atoms with Crippen LogP contribution in [-0.4, -0.2) is 59.1 Å². The van der Waals surface area contributed by atoms with Crippen LogP contribution in [0.1, 0.15) is 25.7 Å². The monoisotopic (exact) mass is 255 g/mol. The molecule has 3 N–H and O–H groups in total. The predicted octanol–water partition coefficient (Wildman–Crippen LogP) is -0.240. The van der Waals surface area contributed by atoms with E-state index in [1.54, 1.807) is 4.90 Å². The second-order valence-corrected chi connectivity index (χ2v) is 5.48. The van der Waals surface area contributed by atoms with Crippen LogP contribution in [0, 0.1) is 5.92 Å². The summed E-state index contributed by atoms with van der Waals surface area (Å²) in [5.41, 5.74) is 4.56. The van der Waals surface area contributed by atoms with E-state index in [0.717, 1.165) is 25.7 Å². The number of urea groups is 1. The van der Waals surface area contributed by atoms with Gasteiger partial charge >= 0.3 is 6.03 Å². The molecule has 1 saturated carbocycles. The number of likely N-dealkylation sites (N-methyl/N-ethyl adjacent to an activating group) is 1. The summed E-state index contributed by atoms with van der Waals surface area (Å²) >= 11 is 0. The Morgan fingerprint density at radius 3 is 2.72 bits per heavy atom. The Hall–Kier alpha value is -1.30. The minimum absolute atomic E-state index is 0.0144. The van der Waals surface area contributed by atoms with Crippen LogP contribution < -0.4 is 5.73 Å². The van der Waals surface area contributed by atoms with Gasteiger partial charge in [-0.2, -0.15) is 0 Å². The molecule has 6 nitrogen and oxygen atoms in total. The normalized spacial score (nSPS) is 25.7. The molecule has 3 amide bonds. The van der Waals surface area contributed by atoms with Crippen molar-refractivity contribution in [2.24, 2.45) is 11.7 Å². The SMILES string of the molecule is CN(CC(=O)N1CCCC(C2(O)CC2)C1)C(N)=O. The minimum atomic E-state index is -0.599. The lowest BCUT2D eigenvalue weighted by atomic mass is 9.90. The molecule has 0 aromatic heterocycles. The van der Waals surface area contributed by atoms with E-state index in [2.05, 4.69) is 0 Å². The van der Waals surface area contributed by atoms with Gasteiger partial charge < -0.3 is 20.6 Å². The number of hydrogen-bond acceptors (Lipinski definition) is 3. The summed E-state index contributed by atoms with van der Waals surface area (Å²) in [5.74, 6) is 0.0966. The van der Waals surface area contributed by atoms with E-state index < -0.39 is 11.6 Å². The van der Waals surface area contributed by atoms with Gasteiger partial charge in [0, 0.05) is 26.1 Å². The Labute approximate surface area is 107 Å². The van der Waals surface area contributed by atoms with Gasteiger partial charge in [0.1, 0.15) is 6.54 Å². The standard InChI is InChI=1S/C12H21N3O3/c1-14(11(13)17)8-10(16)15-6-2-3-9(7-15)12(18)4-5-12/h9,18H,2-8H2,1H3,(H2,13,17). The number of carbonyl (C=O) groups excluding carboxylic acids is 2. The van der Waals surface area contributed by atoms with E-state index in [4.69, 9.17) is 5.73 Å². The van der Waals surface area contributed by atoms with E-state index >= 15 is 0 Å². The Kier molecular flexibility index (Phi) is 3.47. The van der Waals surface area contributed by atoms with Crippen LogP contribution >= 0.6 is 0 Å². The van der Waals surface area contributed by atoms with E-state index in [1.807, 2.05) is 0 Å². The number of nitrogens with two attached hydrogens (primary N) is 1. The summed E-state index contributed by atoms with van der Waals surface area (Å²) in [4.78, 5) is 25.8. The van der Waals surface area contributed by atoms with Crippen molar-refractivity contribution < 1.29 is 14.7 Å². The summed E-state index contributed by atoms with van der Waals surface area (Å²) < 4.78 is 0. The molecule has 0 bridgehead atoms. The van der Waals surface area contributed by atoms with Crippen molar-refractivity contribution in [2.45, 2.75) is 31.3 Å². The molecule has 2 fully saturated rings. The fourth-order valence-corrected chi connectivity index (χ4v) is 2.56. The van der Waals surface area contributed by atoms with Gasteiger partial charge in [0.25, 0.3) is 0 Å². The maximum Gasteiger partial charge on any atom is 0.314 e. The Morgan fingerprint density at radius 2 is 2.17 bits per heavy atom. The molecule has 0 radical (unpaired) electrons. The lowest BCUT2D eigenvalue weighted by Crippen LogP contribution is -2.48. The first-order chi connectivity index (χ1) is 8.42. The van der Waals surface area contributed by atoms with Gasteiger partial charge in [-0.1, -0.05) is 0 Å². The molecule has 2 rings (SSSR count). The molecule has 0 aromatic carbocycles. The lowest BCUT2D eigenvalue weighted by molar-refractivity contribution is -0.134. The zero-order valence-electron chi connectivity index (χ0n) is 10.8. The first kappa shape index (κ1) is 13.1. The molecule has 0 spiro atoms. The molecule has 1 atom stereocenters. The summed E-state index contributed by atoms with van der Waals surface area (Å²) in [6, 6.07) is -0.599. The molecule has 2 aliphatic rings. The first-order valence-electron chi connectivity index (χ1n) is 6.43. The number of primary amides is 1. The number of amides is 3. The van der Waals surface area contributed by atoms with Gasteiger partial charge in [-0.3, -0.25) is 4.79 Å². The van der Waals surface area contributed by atoms with Crippen LogP contribution in [-0.2, 0) is 4.79 Å². The first-order valence-corrected chi connectivity index (χ1v) is 6.43. The average molecular weight is 255 g/mol. The Bertz CT molecular complexity index is 354. The number of rotatable bonds is 3. The average Bonchev–Trinajstić information content (AvgIpc) is 3.08. The van der Waals surface area contributed by atoms with E-state index in [1.165, 1.54) is 11.9 Å². The molecule has 1 unspecified atom stereocenters. The van der Waals surface area contributed by atoms with Gasteiger partial charge in [0.15, 0.2) is 0 Å². The maximum absolute atomic E-state index is 12.0. The molecule has 1 aliphatic heterocycles. The highest BCUT2D eigenvalue weighted by molar-refractivity contribution is 5.83. The number of likely N-dealkylation sites (tertiary alicyclic amines) is 1. The fraction of sp³-hybridized carbons (Fsp3) is 0.833. The van der Waals surface area contributed by atoms with Crippen molar-refractivity contribution in [2.75, 3.05) is 26.7 Å². The summed E-state index contributed by atoms with van der Waals surface area (Å²) in [6.45, 7) is 1.32. The summed E-state index contributed by atoms with van der Waals surface area (Å²) in [5, 5.41) is 10.1. The number of carbonyl (C=O) groups is 2. The highest BCUT2D eigenvalue weighted by Gasteiger charge is 2.49. The molecule has 1 saturated heterocycles. The maximum atomic E-state index is 12.0. The van der Waals surface area contributed by atoms with Crippen molar-refractivity contribution in [3.05, 3.63) is 0 Å². The molecule has 6 heteroatoms. The smallest absolute Gasteiger partial charge is 0.314 e. The van der Waals surface area contributed by atoms with Crippen LogP contribution in [0.4, 0.5) is 4.79 Å². The van der Waals surface area contributed by atoms with Crippen molar-refractivity contribution >= 4 is 11.9 Å². The predicted molar refractivity (Wildman–Crippen MR) is 65.7 cm³/mol. The molecule has 102 valence electrons. The second kappa shape index (κ2) is 4.76. The molecule has 1 aliphatic carbocycles. The van der Waals surface area contributed by atoms with Gasteiger partial charge in [-0.25, -0.2) is 4.79 Å². The highest BCUT2D eigenvalue weighted by Crippen LogP contribution is 2.45. The van der Waals surface area contributed by atoms with E-state index in [0.29, 0.717) is 13.1 Å². The quantitative estimate of drug-likeness (QED) is 0.729. The van der Waals surface area contributed by atoms with Crippen molar-refractivity contribution in [3.8, 4) is 0 Å². The number of hydrogen-bond donors (Lipinski definition) is 2. The molecule has 1 heterocycles. The van der Waals surface area contributed by atoms with Crippen LogP contribution in [0.25, 0.3) is 0 Å². The zero-order chi connectivity index (χ0) is 13.3. The molecular formula is C12H21N3O3. The van der Waals surface area contributed by atoms with Crippen LogP contribution in [0.3, 0.4) is 0 Å². The van der Waals surface area contributed by atoms with Gasteiger partial charge in [-0.15, -0.1) is 0 Å². The third kappa shape index (κ3) is 2.75. The number of nitrogens with zero attached hydrogens (tertiary/aromatic N) is 2. The zero-order valence-corrected chi connectivity index (χ0v) is 10.8. The number of piperidine rings is 1. The van der Waals surface area contributed by atoms with Gasteiger partial charge in [0.2, 0.25) is 5.91 Å². The second-order valence-electron chi connectivity index (χ2n) is 5.48. The number of aliphatic hydroxyl groups is 1. The van der Waals surface area contributed by atoms with Crippen LogP contribution in [0.15, 0.2) is 0 Å². The van der Waals surface area contributed by atoms with Crippen molar-refractivity contribution in [3.63, 3.8) is 0 Å².